The van der Waals surface area contributed by atoms with Crippen LogP contribution in [0.25, 0.3) is 40.0 Å². The van der Waals surface area contributed by atoms with E-state index >= 15 is 0 Å². The Morgan fingerprint density at radius 2 is 1.84 bits per heavy atom. The number of carbonyl (C=O) groups excluding carboxylic acids is 1. The smallest absolute Gasteiger partial charge is 0.250 e. The van der Waals surface area contributed by atoms with Crippen LogP contribution in [-0.4, -0.2) is 21.1 Å². The molecule has 37 heavy (non-hydrogen) atoms. The average Bonchev–Trinajstić information content (AvgIpc) is 3.51. The van der Waals surface area contributed by atoms with E-state index in [4.69, 9.17) is 32.7 Å². The van der Waals surface area contributed by atoms with Gasteiger partial charge in [-0.1, -0.05) is 17.7 Å². The van der Waals surface area contributed by atoms with Gasteiger partial charge in [0.1, 0.15) is 22.8 Å². The van der Waals surface area contributed by atoms with Crippen LogP contribution in [0.4, 0.5) is 5.69 Å². The van der Waals surface area contributed by atoms with E-state index in [-0.39, 0.29) is 16.8 Å². The highest BCUT2D eigenvalue weighted by Gasteiger charge is 2.14. The molecule has 0 radical (unpaired) electrons. The molecule has 3 aromatic carbocycles. The maximum absolute atomic E-state index is 12.4. The van der Waals surface area contributed by atoms with Gasteiger partial charge >= 0.3 is 0 Å². The highest BCUT2D eigenvalue weighted by molar-refractivity contribution is 7.80. The summed E-state index contributed by atoms with van der Waals surface area (Å²) in [6.07, 6.45) is 2.87. The molecule has 0 spiro atoms. The van der Waals surface area contributed by atoms with Gasteiger partial charge in [-0.15, -0.1) is 0 Å². The van der Waals surface area contributed by atoms with Gasteiger partial charge in [-0.3, -0.25) is 10.1 Å². The van der Waals surface area contributed by atoms with Gasteiger partial charge < -0.3 is 19.3 Å². The fraction of sp³-hybridized carbons (Fsp3) is 0.0357. The number of aromatic nitrogens is 1. The number of nitrogens with zero attached hydrogens (tertiary/aromatic N) is 1. The van der Waals surface area contributed by atoms with E-state index < -0.39 is 5.91 Å². The van der Waals surface area contributed by atoms with Crippen molar-refractivity contribution in [3.8, 4) is 28.5 Å². The minimum absolute atomic E-state index is 0.00290. The number of benzene rings is 3. The second kappa shape index (κ2) is 10.3. The summed E-state index contributed by atoms with van der Waals surface area (Å²) < 4.78 is 11.6. The van der Waals surface area contributed by atoms with Crippen LogP contribution >= 0.6 is 23.8 Å². The standard InChI is InChI=1S/C28H20ClN3O4S/c1-16-2-10-22-25(14-16)36-27(31-22)21-15-19(7-11-23(21)33)30-28(37)32-26(34)13-9-20-8-12-24(35-20)17-3-5-18(29)6-4-17/h2-15,33H,1H3,(H2,30,32,34,37). The third-order valence-electron chi connectivity index (χ3n) is 5.42. The first-order chi connectivity index (χ1) is 17.8. The van der Waals surface area contributed by atoms with Gasteiger partial charge in [0.25, 0.3) is 0 Å². The zero-order valence-electron chi connectivity index (χ0n) is 19.5. The Balaban J connectivity index is 1.23. The van der Waals surface area contributed by atoms with Crippen molar-refractivity contribution in [2.45, 2.75) is 6.92 Å². The lowest BCUT2D eigenvalue weighted by atomic mass is 10.1. The quantitative estimate of drug-likeness (QED) is 0.129. The van der Waals surface area contributed by atoms with E-state index in [1.165, 1.54) is 12.1 Å². The molecule has 9 heteroatoms. The number of anilines is 1. The zero-order chi connectivity index (χ0) is 25.9. The SMILES string of the molecule is Cc1ccc2nc(-c3cc(NC(=S)NC(=O)C=Cc4ccc(-c5ccc(Cl)cc5)o4)ccc3O)oc2c1. The number of aromatic hydroxyl groups is 1. The molecule has 0 aliphatic carbocycles. The summed E-state index contributed by atoms with van der Waals surface area (Å²) in [5.41, 5.74) is 4.16. The molecular formula is C28H20ClN3O4S. The van der Waals surface area contributed by atoms with Crippen LogP contribution in [0.2, 0.25) is 5.02 Å². The molecule has 0 unspecified atom stereocenters. The molecule has 0 aliphatic heterocycles. The molecule has 0 saturated carbocycles. The molecule has 0 saturated heterocycles. The van der Waals surface area contributed by atoms with Gasteiger partial charge in [0.05, 0.1) is 5.56 Å². The average molecular weight is 530 g/mol. The van der Waals surface area contributed by atoms with Gasteiger partial charge in [-0.2, -0.15) is 0 Å². The monoisotopic (exact) mass is 529 g/mol. The van der Waals surface area contributed by atoms with Gasteiger partial charge in [-0.05, 0) is 97.5 Å². The number of halogens is 1. The Kier molecular flexibility index (Phi) is 6.76. The fourth-order valence-electron chi connectivity index (χ4n) is 3.62. The second-order valence-electron chi connectivity index (χ2n) is 8.21. The topological polar surface area (TPSA) is 101 Å². The number of phenols is 1. The molecule has 5 rings (SSSR count). The lowest BCUT2D eigenvalue weighted by Gasteiger charge is -2.09. The molecule has 1 amide bonds. The van der Waals surface area contributed by atoms with Gasteiger partial charge in [-0.25, -0.2) is 4.98 Å². The molecule has 3 N–H and O–H groups in total. The van der Waals surface area contributed by atoms with Crippen molar-refractivity contribution in [2.75, 3.05) is 5.32 Å². The molecule has 2 aromatic heterocycles. The number of phenolic OH excluding ortho intramolecular Hbond substituents is 1. The molecule has 184 valence electrons. The summed E-state index contributed by atoms with van der Waals surface area (Å²) in [7, 11) is 0. The van der Waals surface area contributed by atoms with Crippen LogP contribution in [0.3, 0.4) is 0 Å². The van der Waals surface area contributed by atoms with Crippen LogP contribution in [0, 0.1) is 6.92 Å². The normalized spacial score (nSPS) is 11.2. The predicted octanol–water partition coefficient (Wildman–Crippen LogP) is 6.95. The number of fused-ring (bicyclic) bond motifs is 1. The number of amides is 1. The number of thiocarbonyl (C=S) groups is 1. The van der Waals surface area contributed by atoms with Crippen molar-refractivity contribution in [3.05, 3.63) is 95.2 Å². The van der Waals surface area contributed by atoms with Crippen molar-refractivity contribution in [1.82, 2.24) is 10.3 Å². The summed E-state index contributed by atoms with van der Waals surface area (Å²) in [4.78, 5) is 16.8. The summed E-state index contributed by atoms with van der Waals surface area (Å²) in [5.74, 6) is 1.01. The lowest BCUT2D eigenvalue weighted by molar-refractivity contribution is -0.115. The number of hydrogen-bond donors (Lipinski definition) is 3. The van der Waals surface area contributed by atoms with Gasteiger partial charge in [0.15, 0.2) is 10.7 Å². The molecule has 7 nitrogen and oxygen atoms in total. The summed E-state index contributed by atoms with van der Waals surface area (Å²) >= 11 is 11.2. The number of furan rings is 1. The Bertz CT molecular complexity index is 1650. The number of aryl methyl sites for hydroxylation is 1. The van der Waals surface area contributed by atoms with Gasteiger partial charge in [0.2, 0.25) is 11.8 Å². The zero-order valence-corrected chi connectivity index (χ0v) is 21.1. The van der Waals surface area contributed by atoms with Crippen LogP contribution < -0.4 is 10.6 Å². The minimum atomic E-state index is -0.435. The van der Waals surface area contributed by atoms with Crippen molar-refractivity contribution in [3.63, 3.8) is 0 Å². The Morgan fingerprint density at radius 3 is 2.65 bits per heavy atom. The molecule has 0 atom stereocenters. The van der Waals surface area contributed by atoms with Crippen molar-refractivity contribution < 1.29 is 18.7 Å². The van der Waals surface area contributed by atoms with E-state index in [1.807, 2.05) is 43.3 Å². The predicted molar refractivity (Wildman–Crippen MR) is 148 cm³/mol. The second-order valence-corrected chi connectivity index (χ2v) is 9.05. The maximum atomic E-state index is 12.4. The molecule has 0 fully saturated rings. The molecule has 5 aromatic rings. The summed E-state index contributed by atoms with van der Waals surface area (Å²) in [5, 5.41) is 16.6. The van der Waals surface area contributed by atoms with E-state index in [0.717, 1.165) is 11.1 Å². The Hall–Kier alpha value is -4.40. The number of nitrogens with one attached hydrogen (secondary N) is 2. The summed E-state index contributed by atoms with van der Waals surface area (Å²) in [6.45, 7) is 1.96. The number of carbonyl (C=O) groups is 1. The highest BCUT2D eigenvalue weighted by atomic mass is 35.5. The molecule has 0 bridgehead atoms. The van der Waals surface area contributed by atoms with E-state index in [2.05, 4.69) is 15.6 Å². The lowest BCUT2D eigenvalue weighted by Crippen LogP contribution is -2.32. The largest absolute Gasteiger partial charge is 0.507 e. The first-order valence-electron chi connectivity index (χ1n) is 11.2. The number of rotatable bonds is 5. The highest BCUT2D eigenvalue weighted by Crippen LogP contribution is 2.33. The van der Waals surface area contributed by atoms with Crippen LogP contribution in [0.15, 0.2) is 87.7 Å². The van der Waals surface area contributed by atoms with Crippen molar-refractivity contribution in [1.29, 1.82) is 0 Å². The van der Waals surface area contributed by atoms with Gasteiger partial charge in [0, 0.05) is 22.3 Å². The van der Waals surface area contributed by atoms with E-state index in [0.29, 0.717) is 38.9 Å². The van der Waals surface area contributed by atoms with Crippen molar-refractivity contribution >= 4 is 57.7 Å². The third kappa shape index (κ3) is 5.72. The van der Waals surface area contributed by atoms with Crippen LogP contribution in [-0.2, 0) is 4.79 Å². The van der Waals surface area contributed by atoms with Crippen LogP contribution in [0.5, 0.6) is 5.75 Å². The van der Waals surface area contributed by atoms with Crippen LogP contribution in [0.1, 0.15) is 11.3 Å². The Morgan fingerprint density at radius 1 is 1.03 bits per heavy atom. The molecular weight excluding hydrogens is 510 g/mol. The first-order valence-corrected chi connectivity index (χ1v) is 12.0. The van der Waals surface area contributed by atoms with Crippen molar-refractivity contribution in [2.24, 2.45) is 0 Å². The fourth-order valence-corrected chi connectivity index (χ4v) is 3.96. The number of oxazole rings is 1. The van der Waals surface area contributed by atoms with E-state index in [1.54, 1.807) is 36.4 Å². The number of hydrogen-bond acceptors (Lipinski definition) is 6. The molecule has 0 aliphatic rings. The van der Waals surface area contributed by atoms with E-state index in [9.17, 15) is 9.90 Å². The minimum Gasteiger partial charge on any atom is -0.507 e. The molecule has 2 heterocycles. The Labute approximate surface area is 222 Å². The third-order valence-corrected chi connectivity index (χ3v) is 5.88. The summed E-state index contributed by atoms with van der Waals surface area (Å²) in [6, 6.07) is 21.3. The maximum Gasteiger partial charge on any atom is 0.250 e. The first kappa shape index (κ1) is 24.3.